The van der Waals surface area contributed by atoms with E-state index in [1.807, 2.05) is 19.1 Å². The summed E-state index contributed by atoms with van der Waals surface area (Å²) < 4.78 is 5.31. The first-order chi connectivity index (χ1) is 6.24. The SMILES string of the molecule is CCC(O)COc1ccccc1Cl. The average molecular weight is 201 g/mol. The summed E-state index contributed by atoms with van der Waals surface area (Å²) in [7, 11) is 0. The topological polar surface area (TPSA) is 29.5 Å². The molecule has 3 heteroatoms. The maximum atomic E-state index is 9.24. The molecule has 1 rings (SSSR count). The Morgan fingerprint density at radius 2 is 2.15 bits per heavy atom. The second kappa shape index (κ2) is 5.10. The normalized spacial score (nSPS) is 12.5. The van der Waals surface area contributed by atoms with Crippen molar-refractivity contribution in [2.45, 2.75) is 19.4 Å². The third-order valence-corrected chi connectivity index (χ3v) is 2.05. The minimum Gasteiger partial charge on any atom is -0.489 e. The highest BCUT2D eigenvalue weighted by Crippen LogP contribution is 2.23. The number of ether oxygens (including phenoxy) is 1. The molecular weight excluding hydrogens is 188 g/mol. The summed E-state index contributed by atoms with van der Waals surface area (Å²) >= 11 is 5.84. The van der Waals surface area contributed by atoms with E-state index in [0.717, 1.165) is 0 Å². The van der Waals surface area contributed by atoms with Crippen molar-refractivity contribution in [1.82, 2.24) is 0 Å². The summed E-state index contributed by atoms with van der Waals surface area (Å²) in [4.78, 5) is 0. The van der Waals surface area contributed by atoms with Crippen molar-refractivity contribution in [3.05, 3.63) is 29.3 Å². The van der Waals surface area contributed by atoms with E-state index < -0.39 is 6.10 Å². The van der Waals surface area contributed by atoms with E-state index in [1.54, 1.807) is 12.1 Å². The number of hydrogen-bond donors (Lipinski definition) is 1. The van der Waals surface area contributed by atoms with E-state index in [9.17, 15) is 5.11 Å². The van der Waals surface area contributed by atoms with Crippen LogP contribution in [0.5, 0.6) is 5.75 Å². The molecule has 1 aromatic carbocycles. The second-order valence-electron chi connectivity index (χ2n) is 2.80. The average Bonchev–Trinajstić information content (AvgIpc) is 2.16. The van der Waals surface area contributed by atoms with Gasteiger partial charge in [0.2, 0.25) is 0 Å². The standard InChI is InChI=1S/C10H13ClO2/c1-2-8(12)7-13-10-6-4-3-5-9(10)11/h3-6,8,12H,2,7H2,1H3. The number of benzene rings is 1. The lowest BCUT2D eigenvalue weighted by Gasteiger charge is -2.10. The van der Waals surface area contributed by atoms with Crippen molar-refractivity contribution in [3.63, 3.8) is 0 Å². The molecule has 0 bridgehead atoms. The van der Waals surface area contributed by atoms with E-state index in [0.29, 0.717) is 23.8 Å². The van der Waals surface area contributed by atoms with Crippen molar-refractivity contribution >= 4 is 11.6 Å². The Morgan fingerprint density at radius 1 is 1.46 bits per heavy atom. The molecule has 0 saturated carbocycles. The van der Waals surface area contributed by atoms with Crippen LogP contribution < -0.4 is 4.74 Å². The summed E-state index contributed by atoms with van der Waals surface area (Å²) in [6, 6.07) is 7.23. The number of rotatable bonds is 4. The summed E-state index contributed by atoms with van der Waals surface area (Å²) in [5, 5.41) is 9.82. The molecule has 0 spiro atoms. The van der Waals surface area contributed by atoms with Crippen molar-refractivity contribution in [3.8, 4) is 5.75 Å². The Kier molecular flexibility index (Phi) is 4.06. The van der Waals surface area contributed by atoms with E-state index in [4.69, 9.17) is 16.3 Å². The molecule has 0 aliphatic heterocycles. The van der Waals surface area contributed by atoms with Gasteiger partial charge in [-0.1, -0.05) is 30.7 Å². The lowest BCUT2D eigenvalue weighted by atomic mass is 10.3. The maximum Gasteiger partial charge on any atom is 0.138 e. The van der Waals surface area contributed by atoms with Gasteiger partial charge >= 0.3 is 0 Å². The summed E-state index contributed by atoms with van der Waals surface area (Å²) in [5.41, 5.74) is 0. The van der Waals surface area contributed by atoms with Crippen molar-refractivity contribution in [2.24, 2.45) is 0 Å². The van der Waals surface area contributed by atoms with Gasteiger partial charge in [-0.3, -0.25) is 0 Å². The molecule has 0 aliphatic carbocycles. The molecule has 13 heavy (non-hydrogen) atoms. The summed E-state index contributed by atoms with van der Waals surface area (Å²) in [5.74, 6) is 0.622. The molecule has 0 radical (unpaired) electrons. The van der Waals surface area contributed by atoms with Gasteiger partial charge in [0.1, 0.15) is 12.4 Å². The van der Waals surface area contributed by atoms with Crippen LogP contribution in [0.4, 0.5) is 0 Å². The number of aliphatic hydroxyl groups is 1. The first-order valence-corrected chi connectivity index (χ1v) is 4.67. The molecule has 72 valence electrons. The zero-order valence-corrected chi connectivity index (χ0v) is 8.29. The molecule has 0 heterocycles. The Morgan fingerprint density at radius 3 is 2.77 bits per heavy atom. The van der Waals surface area contributed by atoms with Crippen molar-refractivity contribution < 1.29 is 9.84 Å². The molecule has 0 aromatic heterocycles. The highest BCUT2D eigenvalue weighted by Gasteiger charge is 2.03. The van der Waals surface area contributed by atoms with Gasteiger partial charge in [0.05, 0.1) is 11.1 Å². The van der Waals surface area contributed by atoms with Crippen LogP contribution in [0.3, 0.4) is 0 Å². The third-order valence-electron chi connectivity index (χ3n) is 1.74. The van der Waals surface area contributed by atoms with E-state index in [1.165, 1.54) is 0 Å². The van der Waals surface area contributed by atoms with Gasteiger partial charge in [-0.05, 0) is 18.6 Å². The van der Waals surface area contributed by atoms with Crippen LogP contribution in [-0.2, 0) is 0 Å². The maximum absolute atomic E-state index is 9.24. The zero-order valence-electron chi connectivity index (χ0n) is 7.53. The number of para-hydroxylation sites is 1. The van der Waals surface area contributed by atoms with Gasteiger partial charge in [-0.25, -0.2) is 0 Å². The molecule has 2 nitrogen and oxygen atoms in total. The zero-order chi connectivity index (χ0) is 9.68. The number of hydrogen-bond acceptors (Lipinski definition) is 2. The molecule has 0 fully saturated rings. The van der Waals surface area contributed by atoms with Crippen LogP contribution in [0.25, 0.3) is 0 Å². The van der Waals surface area contributed by atoms with Crippen molar-refractivity contribution in [2.75, 3.05) is 6.61 Å². The predicted molar refractivity (Wildman–Crippen MR) is 53.2 cm³/mol. The summed E-state index contributed by atoms with van der Waals surface area (Å²) in [6.07, 6.45) is 0.265. The van der Waals surface area contributed by atoms with Crippen LogP contribution in [0.2, 0.25) is 5.02 Å². The molecule has 1 unspecified atom stereocenters. The van der Waals surface area contributed by atoms with Crippen LogP contribution in [0.1, 0.15) is 13.3 Å². The Balaban J connectivity index is 2.50. The molecule has 0 amide bonds. The molecule has 1 N–H and O–H groups in total. The molecule has 0 saturated heterocycles. The Bertz CT molecular complexity index is 263. The smallest absolute Gasteiger partial charge is 0.138 e. The summed E-state index contributed by atoms with van der Waals surface area (Å²) in [6.45, 7) is 2.20. The van der Waals surface area contributed by atoms with Gasteiger partial charge < -0.3 is 9.84 Å². The molecule has 1 aromatic rings. The molecule has 0 aliphatic rings. The fourth-order valence-corrected chi connectivity index (χ4v) is 1.06. The van der Waals surface area contributed by atoms with Gasteiger partial charge in [-0.15, -0.1) is 0 Å². The minimum absolute atomic E-state index is 0.292. The Hall–Kier alpha value is -0.730. The highest BCUT2D eigenvalue weighted by atomic mass is 35.5. The van der Waals surface area contributed by atoms with Gasteiger partial charge in [0, 0.05) is 0 Å². The second-order valence-corrected chi connectivity index (χ2v) is 3.21. The monoisotopic (exact) mass is 200 g/mol. The van der Waals surface area contributed by atoms with E-state index >= 15 is 0 Å². The number of aliphatic hydroxyl groups excluding tert-OH is 1. The lowest BCUT2D eigenvalue weighted by molar-refractivity contribution is 0.104. The highest BCUT2D eigenvalue weighted by molar-refractivity contribution is 6.32. The van der Waals surface area contributed by atoms with Gasteiger partial charge in [0.15, 0.2) is 0 Å². The third kappa shape index (κ3) is 3.25. The molecular formula is C10H13ClO2. The predicted octanol–water partition coefficient (Wildman–Crippen LogP) is 2.49. The van der Waals surface area contributed by atoms with E-state index in [-0.39, 0.29) is 0 Å². The van der Waals surface area contributed by atoms with Gasteiger partial charge in [-0.2, -0.15) is 0 Å². The fourth-order valence-electron chi connectivity index (χ4n) is 0.866. The first-order valence-electron chi connectivity index (χ1n) is 4.29. The minimum atomic E-state index is -0.420. The largest absolute Gasteiger partial charge is 0.489 e. The molecule has 1 atom stereocenters. The Labute approximate surface area is 83.1 Å². The lowest BCUT2D eigenvalue weighted by Crippen LogP contribution is -2.16. The van der Waals surface area contributed by atoms with Crippen LogP contribution in [0, 0.1) is 0 Å². The van der Waals surface area contributed by atoms with Crippen LogP contribution in [-0.4, -0.2) is 17.8 Å². The number of halogens is 1. The van der Waals surface area contributed by atoms with Crippen molar-refractivity contribution in [1.29, 1.82) is 0 Å². The van der Waals surface area contributed by atoms with Gasteiger partial charge in [0.25, 0.3) is 0 Å². The fraction of sp³-hybridized carbons (Fsp3) is 0.400. The quantitative estimate of drug-likeness (QED) is 0.809. The van der Waals surface area contributed by atoms with E-state index in [2.05, 4.69) is 0 Å². The first kappa shape index (κ1) is 10.4. The van der Waals surface area contributed by atoms with Crippen LogP contribution in [0.15, 0.2) is 24.3 Å². The van der Waals surface area contributed by atoms with Crippen LogP contribution >= 0.6 is 11.6 Å².